The van der Waals surface area contributed by atoms with Gasteiger partial charge in [0.2, 0.25) is 0 Å². The van der Waals surface area contributed by atoms with E-state index in [0.717, 1.165) is 5.56 Å². The summed E-state index contributed by atoms with van der Waals surface area (Å²) in [4.78, 5) is 23.0. The molecule has 0 atom stereocenters. The van der Waals surface area contributed by atoms with Gasteiger partial charge in [-0.1, -0.05) is 42.5 Å². The number of hydrogen-bond acceptors (Lipinski definition) is 4. The number of esters is 1. The second kappa shape index (κ2) is 7.00. The maximum atomic E-state index is 12.0. The minimum absolute atomic E-state index is 0.206. The van der Waals surface area contributed by atoms with Crippen LogP contribution >= 0.6 is 0 Å². The van der Waals surface area contributed by atoms with E-state index >= 15 is 0 Å². The number of amides is 1. The predicted octanol–water partition coefficient (Wildman–Crippen LogP) is 2.38. The van der Waals surface area contributed by atoms with Crippen LogP contribution < -0.4 is 10.2 Å². The van der Waals surface area contributed by atoms with Gasteiger partial charge in [0.1, 0.15) is 5.75 Å². The summed E-state index contributed by atoms with van der Waals surface area (Å²) in [5.41, 5.74) is 3.52. The van der Waals surface area contributed by atoms with Crippen LogP contribution in [0.2, 0.25) is 0 Å². The van der Waals surface area contributed by atoms with E-state index in [1.807, 2.05) is 30.3 Å². The van der Waals surface area contributed by atoms with E-state index in [-0.39, 0.29) is 11.3 Å². The molecule has 2 rings (SSSR count). The quantitative estimate of drug-likeness (QED) is 0.405. The van der Waals surface area contributed by atoms with Gasteiger partial charge in [0.15, 0.2) is 0 Å². The molecule has 0 aliphatic rings. The van der Waals surface area contributed by atoms with E-state index in [0.29, 0.717) is 0 Å². The summed E-state index contributed by atoms with van der Waals surface area (Å²) in [6.07, 6.45) is 1.53. The molecule has 1 amide bonds. The van der Waals surface area contributed by atoms with Gasteiger partial charge in [-0.2, -0.15) is 5.10 Å². The fourth-order valence-electron chi connectivity index (χ4n) is 1.66. The van der Waals surface area contributed by atoms with Crippen molar-refractivity contribution in [2.45, 2.75) is 6.92 Å². The largest absolute Gasteiger partial charge is 0.426 e. The van der Waals surface area contributed by atoms with Crippen LogP contribution in [0.25, 0.3) is 0 Å². The average molecular weight is 282 g/mol. The van der Waals surface area contributed by atoms with Crippen LogP contribution in [0.15, 0.2) is 59.7 Å². The van der Waals surface area contributed by atoms with Crippen molar-refractivity contribution in [1.82, 2.24) is 5.43 Å². The van der Waals surface area contributed by atoms with Crippen LogP contribution in [0.5, 0.6) is 5.75 Å². The fraction of sp³-hybridized carbons (Fsp3) is 0.0625. The zero-order valence-electron chi connectivity index (χ0n) is 11.4. The summed E-state index contributed by atoms with van der Waals surface area (Å²) in [5.74, 6) is -0.723. The number of hydrogen-bond donors (Lipinski definition) is 1. The summed E-state index contributed by atoms with van der Waals surface area (Å²) in [7, 11) is 0. The number of carbonyl (C=O) groups excluding carboxylic acids is 2. The van der Waals surface area contributed by atoms with Gasteiger partial charge < -0.3 is 4.74 Å². The van der Waals surface area contributed by atoms with Gasteiger partial charge in [0.25, 0.3) is 5.91 Å². The summed E-state index contributed by atoms with van der Waals surface area (Å²) < 4.78 is 4.98. The van der Waals surface area contributed by atoms with Gasteiger partial charge in [0, 0.05) is 6.92 Å². The van der Waals surface area contributed by atoms with E-state index in [1.54, 1.807) is 24.3 Å². The van der Waals surface area contributed by atoms with Crippen molar-refractivity contribution in [1.29, 1.82) is 0 Å². The smallest absolute Gasteiger partial charge is 0.308 e. The molecule has 0 aliphatic carbocycles. The Hall–Kier alpha value is -2.95. The van der Waals surface area contributed by atoms with Gasteiger partial charge in [-0.25, -0.2) is 5.43 Å². The van der Waals surface area contributed by atoms with Crippen molar-refractivity contribution in [3.05, 3.63) is 65.7 Å². The first-order chi connectivity index (χ1) is 10.2. The summed E-state index contributed by atoms with van der Waals surface area (Å²) >= 11 is 0. The van der Waals surface area contributed by atoms with E-state index in [9.17, 15) is 9.59 Å². The lowest BCUT2D eigenvalue weighted by Gasteiger charge is -2.06. The molecule has 0 heterocycles. The molecular formula is C16H14N2O3. The van der Waals surface area contributed by atoms with Crippen LogP contribution in [-0.4, -0.2) is 18.1 Å². The van der Waals surface area contributed by atoms with Crippen LogP contribution in [-0.2, 0) is 4.79 Å². The highest BCUT2D eigenvalue weighted by molar-refractivity contribution is 5.98. The van der Waals surface area contributed by atoms with E-state index < -0.39 is 11.9 Å². The molecular weight excluding hydrogens is 268 g/mol. The number of nitrogens with zero attached hydrogens (tertiary/aromatic N) is 1. The lowest BCUT2D eigenvalue weighted by atomic mass is 10.2. The Labute approximate surface area is 122 Å². The molecule has 0 radical (unpaired) electrons. The van der Waals surface area contributed by atoms with Crippen molar-refractivity contribution in [2.75, 3.05) is 0 Å². The van der Waals surface area contributed by atoms with Crippen LogP contribution in [0.4, 0.5) is 0 Å². The molecule has 5 heteroatoms. The zero-order valence-corrected chi connectivity index (χ0v) is 11.4. The first-order valence-electron chi connectivity index (χ1n) is 6.33. The summed E-state index contributed by atoms with van der Waals surface area (Å²) in [6.45, 7) is 1.28. The SMILES string of the molecule is CC(=O)Oc1ccccc1C(=O)N/N=C/c1ccccc1. The summed E-state index contributed by atoms with van der Waals surface area (Å²) in [5, 5.41) is 3.87. The Morgan fingerprint density at radius 2 is 1.71 bits per heavy atom. The van der Waals surface area contributed by atoms with Gasteiger partial charge in [-0.3, -0.25) is 9.59 Å². The first kappa shape index (κ1) is 14.5. The molecule has 2 aromatic carbocycles. The normalized spacial score (nSPS) is 10.3. The lowest BCUT2D eigenvalue weighted by molar-refractivity contribution is -0.131. The predicted molar refractivity (Wildman–Crippen MR) is 79.3 cm³/mol. The highest BCUT2D eigenvalue weighted by atomic mass is 16.5. The lowest BCUT2D eigenvalue weighted by Crippen LogP contribution is -2.19. The van der Waals surface area contributed by atoms with Crippen molar-refractivity contribution in [2.24, 2.45) is 5.10 Å². The number of ether oxygens (including phenoxy) is 1. The zero-order chi connectivity index (χ0) is 15.1. The molecule has 0 unspecified atom stereocenters. The third-order valence-electron chi connectivity index (χ3n) is 2.56. The fourth-order valence-corrected chi connectivity index (χ4v) is 1.66. The molecule has 0 aromatic heterocycles. The van der Waals surface area contributed by atoms with Gasteiger partial charge in [0.05, 0.1) is 11.8 Å². The highest BCUT2D eigenvalue weighted by Gasteiger charge is 2.12. The molecule has 0 spiro atoms. The first-order valence-corrected chi connectivity index (χ1v) is 6.33. The number of rotatable bonds is 4. The second-order valence-electron chi connectivity index (χ2n) is 4.20. The molecule has 2 aromatic rings. The van der Waals surface area contributed by atoms with Crippen LogP contribution in [0, 0.1) is 0 Å². The summed E-state index contributed by atoms with van der Waals surface area (Å²) in [6, 6.07) is 15.8. The second-order valence-corrected chi connectivity index (χ2v) is 4.20. The van der Waals surface area contributed by atoms with Crippen LogP contribution in [0.1, 0.15) is 22.8 Å². The third kappa shape index (κ3) is 4.28. The molecule has 0 fully saturated rings. The minimum Gasteiger partial charge on any atom is -0.426 e. The maximum Gasteiger partial charge on any atom is 0.308 e. The molecule has 0 bridgehead atoms. The van der Waals surface area contributed by atoms with Crippen molar-refractivity contribution in [3.8, 4) is 5.75 Å². The molecule has 5 nitrogen and oxygen atoms in total. The Balaban J connectivity index is 2.07. The Morgan fingerprint density at radius 3 is 2.43 bits per heavy atom. The Kier molecular flexibility index (Phi) is 4.82. The van der Waals surface area contributed by atoms with E-state index in [1.165, 1.54) is 13.1 Å². The highest BCUT2D eigenvalue weighted by Crippen LogP contribution is 2.17. The van der Waals surface area contributed by atoms with Crippen LogP contribution in [0.3, 0.4) is 0 Å². The number of hydrazone groups is 1. The molecule has 106 valence electrons. The van der Waals surface area contributed by atoms with Crippen molar-refractivity contribution < 1.29 is 14.3 Å². The molecule has 21 heavy (non-hydrogen) atoms. The number of carbonyl (C=O) groups is 2. The molecule has 0 aliphatic heterocycles. The monoisotopic (exact) mass is 282 g/mol. The molecule has 1 N–H and O–H groups in total. The molecule has 0 saturated carbocycles. The van der Waals surface area contributed by atoms with Gasteiger partial charge in [-0.05, 0) is 17.7 Å². The standard InChI is InChI=1S/C16H14N2O3/c1-12(19)21-15-10-6-5-9-14(15)16(20)18-17-11-13-7-3-2-4-8-13/h2-11H,1H3,(H,18,20)/b17-11+. The van der Waals surface area contributed by atoms with E-state index in [2.05, 4.69) is 10.5 Å². The van der Waals surface area contributed by atoms with Crippen molar-refractivity contribution >= 4 is 18.1 Å². The maximum absolute atomic E-state index is 12.0. The van der Waals surface area contributed by atoms with Gasteiger partial charge in [-0.15, -0.1) is 0 Å². The number of para-hydroxylation sites is 1. The number of nitrogens with one attached hydrogen (secondary N) is 1. The minimum atomic E-state index is -0.483. The average Bonchev–Trinajstić information content (AvgIpc) is 2.48. The van der Waals surface area contributed by atoms with Crippen molar-refractivity contribution in [3.63, 3.8) is 0 Å². The third-order valence-corrected chi connectivity index (χ3v) is 2.56. The van der Waals surface area contributed by atoms with E-state index in [4.69, 9.17) is 4.74 Å². The number of benzene rings is 2. The van der Waals surface area contributed by atoms with Gasteiger partial charge >= 0.3 is 5.97 Å². The topological polar surface area (TPSA) is 67.8 Å². The Morgan fingerprint density at radius 1 is 1.05 bits per heavy atom. The molecule has 0 saturated heterocycles. The Bertz CT molecular complexity index is 666.